The summed E-state index contributed by atoms with van der Waals surface area (Å²) in [6.45, 7) is 7.16. The van der Waals surface area contributed by atoms with Gasteiger partial charge in [0, 0.05) is 13.5 Å². The number of hydrogen-bond acceptors (Lipinski definition) is 6. The van der Waals surface area contributed by atoms with Crippen LogP contribution >= 0.6 is 0 Å². The molecule has 0 aliphatic rings. The van der Waals surface area contributed by atoms with Crippen molar-refractivity contribution in [2.45, 2.75) is 33.0 Å². The molecule has 0 spiro atoms. The van der Waals surface area contributed by atoms with E-state index in [1.54, 1.807) is 0 Å². The van der Waals surface area contributed by atoms with Crippen LogP contribution in [0.5, 0.6) is 0 Å². The van der Waals surface area contributed by atoms with Gasteiger partial charge in [0.15, 0.2) is 0 Å². The van der Waals surface area contributed by atoms with Crippen molar-refractivity contribution in [3.8, 4) is 0 Å². The van der Waals surface area contributed by atoms with Crippen molar-refractivity contribution >= 4 is 11.8 Å². The van der Waals surface area contributed by atoms with Crippen molar-refractivity contribution < 1.29 is 32.9 Å². The lowest BCUT2D eigenvalue weighted by Crippen LogP contribution is -2.31. The second kappa shape index (κ2) is 16.2. The maximum absolute atomic E-state index is 13.2. The Balaban J connectivity index is 3.23. The molecule has 0 radical (unpaired) electrons. The zero-order valence-corrected chi connectivity index (χ0v) is 15.3. The van der Waals surface area contributed by atoms with E-state index in [2.05, 4.69) is 10.6 Å². The highest BCUT2D eigenvalue weighted by molar-refractivity contribution is 5.77. The Hall–Kier alpha value is -1.29. The fraction of sp³-hybridized carbons (Fsp3) is 0.875. The minimum atomic E-state index is -1.23. The van der Waals surface area contributed by atoms with Crippen molar-refractivity contribution in [1.82, 2.24) is 10.6 Å². The largest absolute Gasteiger partial charge is 0.377 e. The summed E-state index contributed by atoms with van der Waals surface area (Å²) >= 11 is 0. The third-order valence-corrected chi connectivity index (χ3v) is 2.73. The van der Waals surface area contributed by atoms with E-state index in [9.17, 15) is 14.0 Å². The number of hydrogen-bond donors (Lipinski definition) is 2. The molecule has 0 saturated carbocycles. The van der Waals surface area contributed by atoms with Gasteiger partial charge in [0.2, 0.25) is 11.8 Å². The highest BCUT2D eigenvalue weighted by Gasteiger charge is 2.06. The topological polar surface area (TPSA) is 95.1 Å². The SMILES string of the molecule is CC(=O)NCC(F)COCCOCCOCCNC(=O)COC(C)C. The number of nitrogens with one attached hydrogen (secondary N) is 2. The summed E-state index contributed by atoms with van der Waals surface area (Å²) in [5.41, 5.74) is 0. The molecule has 9 heteroatoms. The maximum Gasteiger partial charge on any atom is 0.246 e. The summed E-state index contributed by atoms with van der Waals surface area (Å²) in [4.78, 5) is 21.9. The summed E-state index contributed by atoms with van der Waals surface area (Å²) < 4.78 is 34.0. The van der Waals surface area contributed by atoms with Gasteiger partial charge in [-0.1, -0.05) is 0 Å². The zero-order chi connectivity index (χ0) is 18.9. The van der Waals surface area contributed by atoms with Crippen LogP contribution in [0.15, 0.2) is 0 Å². The molecular formula is C16H31FN2O6. The fourth-order valence-corrected chi connectivity index (χ4v) is 1.52. The Morgan fingerprint density at radius 2 is 1.56 bits per heavy atom. The number of rotatable bonds is 16. The molecule has 0 heterocycles. The Morgan fingerprint density at radius 1 is 0.960 bits per heavy atom. The van der Waals surface area contributed by atoms with Gasteiger partial charge in [-0.25, -0.2) is 4.39 Å². The minimum Gasteiger partial charge on any atom is -0.377 e. The van der Waals surface area contributed by atoms with E-state index in [1.807, 2.05) is 13.8 Å². The van der Waals surface area contributed by atoms with E-state index >= 15 is 0 Å². The molecule has 2 amide bonds. The Bertz CT molecular complexity index is 358. The highest BCUT2D eigenvalue weighted by atomic mass is 19.1. The summed E-state index contributed by atoms with van der Waals surface area (Å²) in [6, 6.07) is 0. The number of carbonyl (C=O) groups excluding carboxylic acids is 2. The predicted molar refractivity (Wildman–Crippen MR) is 90.1 cm³/mol. The number of carbonyl (C=O) groups is 2. The van der Waals surface area contributed by atoms with Gasteiger partial charge < -0.3 is 29.6 Å². The van der Waals surface area contributed by atoms with Gasteiger partial charge in [0.1, 0.15) is 12.8 Å². The molecule has 0 aromatic rings. The third-order valence-electron chi connectivity index (χ3n) is 2.73. The van der Waals surface area contributed by atoms with Crippen LogP contribution in [0.4, 0.5) is 4.39 Å². The molecular weight excluding hydrogens is 335 g/mol. The number of ether oxygens (including phenoxy) is 4. The molecule has 1 atom stereocenters. The van der Waals surface area contributed by atoms with E-state index < -0.39 is 6.17 Å². The molecule has 0 aliphatic carbocycles. The van der Waals surface area contributed by atoms with E-state index in [0.717, 1.165) is 0 Å². The molecule has 0 aromatic heterocycles. The Kier molecular flexibility index (Phi) is 15.4. The molecule has 8 nitrogen and oxygen atoms in total. The van der Waals surface area contributed by atoms with E-state index in [-0.39, 0.29) is 44.3 Å². The van der Waals surface area contributed by atoms with Crippen LogP contribution in [0.2, 0.25) is 0 Å². The van der Waals surface area contributed by atoms with E-state index in [4.69, 9.17) is 18.9 Å². The van der Waals surface area contributed by atoms with Crippen molar-refractivity contribution in [2.75, 3.05) is 59.3 Å². The van der Waals surface area contributed by atoms with Crippen LogP contribution < -0.4 is 10.6 Å². The monoisotopic (exact) mass is 366 g/mol. The molecule has 1 unspecified atom stereocenters. The molecule has 0 bridgehead atoms. The van der Waals surface area contributed by atoms with Crippen molar-refractivity contribution in [3.05, 3.63) is 0 Å². The van der Waals surface area contributed by atoms with Crippen LogP contribution in [0.1, 0.15) is 20.8 Å². The highest BCUT2D eigenvalue weighted by Crippen LogP contribution is 1.91. The first-order valence-corrected chi connectivity index (χ1v) is 8.41. The van der Waals surface area contributed by atoms with E-state index in [0.29, 0.717) is 33.0 Å². The first-order valence-electron chi connectivity index (χ1n) is 8.41. The van der Waals surface area contributed by atoms with Gasteiger partial charge in [-0.2, -0.15) is 0 Å². The molecule has 2 N–H and O–H groups in total. The zero-order valence-electron chi connectivity index (χ0n) is 15.3. The van der Waals surface area contributed by atoms with Gasteiger partial charge in [-0.15, -0.1) is 0 Å². The first-order chi connectivity index (χ1) is 11.9. The third kappa shape index (κ3) is 18.9. The number of amides is 2. The van der Waals surface area contributed by atoms with Crippen molar-refractivity contribution in [3.63, 3.8) is 0 Å². The van der Waals surface area contributed by atoms with Crippen molar-refractivity contribution in [1.29, 1.82) is 0 Å². The fourth-order valence-electron chi connectivity index (χ4n) is 1.52. The van der Waals surface area contributed by atoms with Gasteiger partial charge in [0.25, 0.3) is 0 Å². The van der Waals surface area contributed by atoms with Crippen LogP contribution in [-0.4, -0.2) is 83.4 Å². The van der Waals surface area contributed by atoms with Gasteiger partial charge >= 0.3 is 0 Å². The van der Waals surface area contributed by atoms with Crippen LogP contribution in [0, 0.1) is 0 Å². The minimum absolute atomic E-state index is 0.0242. The molecule has 0 fully saturated rings. The van der Waals surface area contributed by atoms with E-state index in [1.165, 1.54) is 6.92 Å². The van der Waals surface area contributed by atoms with Crippen LogP contribution in [0.3, 0.4) is 0 Å². The van der Waals surface area contributed by atoms with Crippen LogP contribution in [-0.2, 0) is 28.5 Å². The summed E-state index contributed by atoms with van der Waals surface area (Å²) in [6.07, 6.45) is -1.20. The lowest BCUT2D eigenvalue weighted by Gasteiger charge is -2.10. The van der Waals surface area contributed by atoms with Crippen LogP contribution in [0.25, 0.3) is 0 Å². The average Bonchev–Trinajstić information content (AvgIpc) is 2.55. The van der Waals surface area contributed by atoms with Gasteiger partial charge in [-0.05, 0) is 13.8 Å². The Morgan fingerprint density at radius 3 is 2.16 bits per heavy atom. The van der Waals surface area contributed by atoms with Gasteiger partial charge in [0.05, 0.1) is 52.3 Å². The summed E-state index contributed by atoms with van der Waals surface area (Å²) in [7, 11) is 0. The molecule has 25 heavy (non-hydrogen) atoms. The number of halogens is 1. The first kappa shape index (κ1) is 23.7. The maximum atomic E-state index is 13.2. The van der Waals surface area contributed by atoms with Gasteiger partial charge in [-0.3, -0.25) is 9.59 Å². The lowest BCUT2D eigenvalue weighted by molar-refractivity contribution is -0.127. The molecule has 0 aromatic carbocycles. The molecule has 0 rings (SSSR count). The average molecular weight is 366 g/mol. The molecule has 0 saturated heterocycles. The standard InChI is InChI=1S/C16H31FN2O6/c1-13(2)25-12-16(21)18-4-5-22-6-7-23-8-9-24-11-15(17)10-19-14(3)20/h13,15H,4-12H2,1-3H3,(H,18,21)(H,19,20). The molecule has 148 valence electrons. The lowest BCUT2D eigenvalue weighted by atomic mass is 10.4. The Labute approximate surface area is 148 Å². The normalized spacial score (nSPS) is 12.2. The molecule has 0 aliphatic heterocycles. The number of alkyl halides is 1. The summed E-state index contributed by atoms with van der Waals surface area (Å²) in [5.74, 6) is -0.440. The second-order valence-electron chi connectivity index (χ2n) is 5.54. The second-order valence-corrected chi connectivity index (χ2v) is 5.54. The quantitative estimate of drug-likeness (QED) is 0.375. The predicted octanol–water partition coefficient (Wildman–Crippen LogP) is 0.0516. The van der Waals surface area contributed by atoms with Crippen molar-refractivity contribution in [2.24, 2.45) is 0 Å². The smallest absolute Gasteiger partial charge is 0.246 e. The summed E-state index contributed by atoms with van der Waals surface area (Å²) in [5, 5.41) is 5.05.